The van der Waals surface area contributed by atoms with Gasteiger partial charge in [-0.3, -0.25) is 0 Å². The van der Waals surface area contributed by atoms with Crippen LogP contribution in [0.1, 0.15) is 44.2 Å². The number of benzene rings is 1. The van der Waals surface area contributed by atoms with E-state index < -0.39 is 0 Å². The van der Waals surface area contributed by atoms with Crippen LogP contribution in [-0.2, 0) is 0 Å². The maximum Gasteiger partial charge on any atom is 0.138 e. The molecule has 0 radical (unpaired) electrons. The fourth-order valence-corrected chi connectivity index (χ4v) is 2.30. The largest absolute Gasteiger partial charge is 0.495 e. The minimum absolute atomic E-state index is 0.0579. The molecule has 2 nitrogen and oxygen atoms in total. The topological polar surface area (TPSA) is 35.2 Å². The van der Waals surface area contributed by atoms with Gasteiger partial charge in [-0.25, -0.2) is 0 Å². The van der Waals surface area contributed by atoms with E-state index in [1.54, 1.807) is 19.2 Å². The Morgan fingerprint density at radius 2 is 1.94 bits per heavy atom. The number of ether oxygens (including phenoxy) is 1. The maximum absolute atomic E-state index is 6.17. The third kappa shape index (κ3) is 4.06. The lowest BCUT2D eigenvalue weighted by atomic mass is 10.0. The van der Waals surface area contributed by atoms with Crippen LogP contribution in [-0.4, -0.2) is 7.11 Å². The van der Waals surface area contributed by atoms with Gasteiger partial charge in [0.1, 0.15) is 5.75 Å². The van der Waals surface area contributed by atoms with Crippen molar-refractivity contribution in [1.29, 1.82) is 0 Å². The summed E-state index contributed by atoms with van der Waals surface area (Å²) in [4.78, 5) is 0. The number of rotatable bonds is 6. The summed E-state index contributed by atoms with van der Waals surface area (Å²) in [5, 5.41) is 1.17. The van der Waals surface area contributed by atoms with Gasteiger partial charge in [-0.05, 0) is 18.1 Å². The second-order valence-electron chi connectivity index (χ2n) is 4.11. The SMILES string of the molecule is CCCCCC(N)c1cc(Cl)c(OC)cc1Cl. The summed E-state index contributed by atoms with van der Waals surface area (Å²) in [7, 11) is 1.57. The summed E-state index contributed by atoms with van der Waals surface area (Å²) >= 11 is 12.2. The zero-order valence-corrected chi connectivity index (χ0v) is 11.8. The Bertz CT molecular complexity index is 369. The highest BCUT2D eigenvalue weighted by Crippen LogP contribution is 2.34. The van der Waals surface area contributed by atoms with Crippen LogP contribution in [0.2, 0.25) is 10.0 Å². The molecule has 2 N–H and O–H groups in total. The molecular formula is C13H19Cl2NO. The van der Waals surface area contributed by atoms with Crippen molar-refractivity contribution < 1.29 is 4.74 Å². The van der Waals surface area contributed by atoms with Gasteiger partial charge in [0, 0.05) is 17.1 Å². The number of hydrogen-bond donors (Lipinski definition) is 1. The Morgan fingerprint density at radius 1 is 1.24 bits per heavy atom. The molecular weight excluding hydrogens is 257 g/mol. The van der Waals surface area contributed by atoms with E-state index in [0.29, 0.717) is 15.8 Å². The molecule has 1 atom stereocenters. The van der Waals surface area contributed by atoms with Gasteiger partial charge in [0.25, 0.3) is 0 Å². The van der Waals surface area contributed by atoms with Crippen molar-refractivity contribution in [3.63, 3.8) is 0 Å². The first-order chi connectivity index (χ1) is 8.10. The predicted molar refractivity (Wildman–Crippen MR) is 74.1 cm³/mol. The van der Waals surface area contributed by atoms with Crippen molar-refractivity contribution in [3.05, 3.63) is 27.7 Å². The molecule has 0 aliphatic heterocycles. The standard InChI is InChI=1S/C13H19Cl2NO/c1-3-4-5-6-12(16)9-7-11(15)13(17-2)8-10(9)14/h7-8,12H,3-6,16H2,1-2H3. The third-order valence-electron chi connectivity index (χ3n) is 2.79. The van der Waals surface area contributed by atoms with Crippen LogP contribution in [0, 0.1) is 0 Å². The van der Waals surface area contributed by atoms with Crippen molar-refractivity contribution in [2.45, 2.75) is 38.6 Å². The van der Waals surface area contributed by atoms with Crippen molar-refractivity contribution in [2.24, 2.45) is 5.73 Å². The van der Waals surface area contributed by atoms with E-state index in [1.165, 1.54) is 12.8 Å². The van der Waals surface area contributed by atoms with Gasteiger partial charge in [-0.2, -0.15) is 0 Å². The number of nitrogens with two attached hydrogens (primary N) is 1. The molecule has 0 heterocycles. The Hall–Kier alpha value is -0.440. The maximum atomic E-state index is 6.17. The molecule has 1 rings (SSSR count). The summed E-state index contributed by atoms with van der Waals surface area (Å²) < 4.78 is 5.10. The molecule has 0 spiro atoms. The number of halogens is 2. The third-order valence-corrected chi connectivity index (χ3v) is 3.41. The Kier molecular flexibility index (Phi) is 6.10. The highest BCUT2D eigenvalue weighted by Gasteiger charge is 2.13. The Labute approximate surface area is 113 Å². The van der Waals surface area contributed by atoms with E-state index in [2.05, 4.69) is 6.92 Å². The molecule has 1 aromatic rings. The summed E-state index contributed by atoms with van der Waals surface area (Å²) in [5.74, 6) is 0.584. The first kappa shape index (κ1) is 14.6. The van der Waals surface area contributed by atoms with Crippen LogP contribution in [0.4, 0.5) is 0 Å². The molecule has 0 saturated heterocycles. The van der Waals surface area contributed by atoms with Gasteiger partial charge >= 0.3 is 0 Å². The van der Waals surface area contributed by atoms with E-state index in [1.807, 2.05) is 0 Å². The Balaban J connectivity index is 2.79. The number of hydrogen-bond acceptors (Lipinski definition) is 2. The van der Waals surface area contributed by atoms with Crippen LogP contribution in [0.3, 0.4) is 0 Å². The van der Waals surface area contributed by atoms with E-state index in [9.17, 15) is 0 Å². The first-order valence-corrected chi connectivity index (χ1v) is 6.64. The van der Waals surface area contributed by atoms with Gasteiger partial charge in [0.15, 0.2) is 0 Å². The number of unbranched alkanes of at least 4 members (excludes halogenated alkanes) is 2. The van der Waals surface area contributed by atoms with Gasteiger partial charge < -0.3 is 10.5 Å². The molecule has 0 amide bonds. The zero-order valence-electron chi connectivity index (χ0n) is 10.3. The van der Waals surface area contributed by atoms with E-state index in [-0.39, 0.29) is 6.04 Å². The molecule has 1 unspecified atom stereocenters. The first-order valence-electron chi connectivity index (χ1n) is 5.88. The average Bonchev–Trinajstić information content (AvgIpc) is 2.31. The predicted octanol–water partition coefficient (Wildman–Crippen LogP) is 4.58. The normalized spacial score (nSPS) is 12.5. The van der Waals surface area contributed by atoms with Crippen molar-refractivity contribution in [1.82, 2.24) is 0 Å². The van der Waals surface area contributed by atoms with Crippen LogP contribution >= 0.6 is 23.2 Å². The summed E-state index contributed by atoms with van der Waals surface area (Å²) in [6.07, 6.45) is 4.41. The lowest BCUT2D eigenvalue weighted by Gasteiger charge is -2.15. The fourth-order valence-electron chi connectivity index (χ4n) is 1.75. The van der Waals surface area contributed by atoms with Gasteiger partial charge in [-0.15, -0.1) is 0 Å². The van der Waals surface area contributed by atoms with Crippen LogP contribution < -0.4 is 10.5 Å². The lowest BCUT2D eigenvalue weighted by Crippen LogP contribution is -2.11. The molecule has 0 bridgehead atoms. The molecule has 17 heavy (non-hydrogen) atoms. The zero-order chi connectivity index (χ0) is 12.8. The smallest absolute Gasteiger partial charge is 0.138 e. The molecule has 0 saturated carbocycles. The second kappa shape index (κ2) is 7.10. The van der Waals surface area contributed by atoms with Crippen molar-refractivity contribution in [2.75, 3.05) is 7.11 Å². The van der Waals surface area contributed by atoms with Crippen LogP contribution in [0.25, 0.3) is 0 Å². The highest BCUT2D eigenvalue weighted by molar-refractivity contribution is 6.34. The van der Waals surface area contributed by atoms with Crippen molar-refractivity contribution >= 4 is 23.2 Å². The lowest BCUT2D eigenvalue weighted by molar-refractivity contribution is 0.414. The molecule has 0 fully saturated rings. The van der Waals surface area contributed by atoms with Crippen LogP contribution in [0.5, 0.6) is 5.75 Å². The molecule has 0 aliphatic carbocycles. The van der Waals surface area contributed by atoms with Crippen molar-refractivity contribution in [3.8, 4) is 5.75 Å². The van der Waals surface area contributed by atoms with E-state index >= 15 is 0 Å². The summed E-state index contributed by atoms with van der Waals surface area (Å²) in [5.41, 5.74) is 7.01. The minimum atomic E-state index is -0.0579. The summed E-state index contributed by atoms with van der Waals surface area (Å²) in [6.45, 7) is 2.17. The fraction of sp³-hybridized carbons (Fsp3) is 0.538. The second-order valence-corrected chi connectivity index (χ2v) is 4.92. The van der Waals surface area contributed by atoms with Gasteiger partial charge in [0.05, 0.1) is 12.1 Å². The monoisotopic (exact) mass is 275 g/mol. The van der Waals surface area contributed by atoms with Crippen LogP contribution in [0.15, 0.2) is 12.1 Å². The molecule has 4 heteroatoms. The van der Waals surface area contributed by atoms with E-state index in [4.69, 9.17) is 33.7 Å². The van der Waals surface area contributed by atoms with Gasteiger partial charge in [-0.1, -0.05) is 49.4 Å². The highest BCUT2D eigenvalue weighted by atomic mass is 35.5. The Morgan fingerprint density at radius 3 is 2.53 bits per heavy atom. The van der Waals surface area contributed by atoms with Gasteiger partial charge in [0.2, 0.25) is 0 Å². The summed E-state index contributed by atoms with van der Waals surface area (Å²) in [6, 6.07) is 3.47. The number of methoxy groups -OCH3 is 1. The van der Waals surface area contributed by atoms with E-state index in [0.717, 1.165) is 18.4 Å². The molecule has 96 valence electrons. The average molecular weight is 276 g/mol. The molecule has 1 aromatic carbocycles. The molecule has 0 aromatic heterocycles. The minimum Gasteiger partial charge on any atom is -0.495 e. The molecule has 0 aliphatic rings. The quantitative estimate of drug-likeness (QED) is 0.772.